The summed E-state index contributed by atoms with van der Waals surface area (Å²) in [5, 5.41) is 0.493. The minimum Gasteiger partial charge on any atom is -0.462 e. The molecule has 3 aromatic rings. The standard InChI is InChI=1S/C20H21ClN2O3.C5H10O2/c1-20(2,3)26-18(24)17(11-13-7-5-4-6-8-13)23-16-12-14(21)9-10-15(16)22-19(23)25;1-5(2,3)7-4-6/h4-10,12,17H,11H2,1-3H3,(H,22,25);4H,1-3H3. The predicted octanol–water partition coefficient (Wildman–Crippen LogP) is 5.07. The molecule has 2 aromatic carbocycles. The molecular weight excluding hydrogens is 444 g/mol. The highest BCUT2D eigenvalue weighted by molar-refractivity contribution is 6.31. The van der Waals surface area contributed by atoms with E-state index < -0.39 is 17.6 Å². The zero-order chi connectivity index (χ0) is 24.8. The van der Waals surface area contributed by atoms with Gasteiger partial charge in [0.25, 0.3) is 6.47 Å². The van der Waals surface area contributed by atoms with E-state index in [9.17, 15) is 14.4 Å². The van der Waals surface area contributed by atoms with E-state index in [0.717, 1.165) is 5.56 Å². The number of benzene rings is 2. The number of aromatic nitrogens is 2. The fourth-order valence-electron chi connectivity index (χ4n) is 3.04. The lowest BCUT2D eigenvalue weighted by Crippen LogP contribution is -2.35. The van der Waals surface area contributed by atoms with Crippen LogP contribution in [0.25, 0.3) is 11.0 Å². The minimum absolute atomic E-state index is 0.318. The summed E-state index contributed by atoms with van der Waals surface area (Å²) in [6.45, 7) is 11.3. The van der Waals surface area contributed by atoms with Gasteiger partial charge in [0, 0.05) is 11.4 Å². The number of hydrogen-bond donors (Lipinski definition) is 1. The van der Waals surface area contributed by atoms with Gasteiger partial charge in [-0.25, -0.2) is 9.59 Å². The van der Waals surface area contributed by atoms with Crippen LogP contribution in [0.15, 0.2) is 53.3 Å². The molecule has 0 saturated carbocycles. The molecule has 0 bridgehead atoms. The summed E-state index contributed by atoms with van der Waals surface area (Å²) < 4.78 is 11.6. The van der Waals surface area contributed by atoms with Crippen molar-refractivity contribution < 1.29 is 19.1 Å². The molecule has 178 valence electrons. The molecule has 0 aliphatic heterocycles. The summed E-state index contributed by atoms with van der Waals surface area (Å²) in [6, 6.07) is 13.9. The number of esters is 1. The maximum absolute atomic E-state index is 12.9. The number of H-pyrrole nitrogens is 1. The lowest BCUT2D eigenvalue weighted by molar-refractivity contribution is -0.159. The molecule has 1 N–H and O–H groups in total. The van der Waals surface area contributed by atoms with Crippen LogP contribution in [-0.2, 0) is 25.5 Å². The van der Waals surface area contributed by atoms with Crippen LogP contribution in [0.5, 0.6) is 0 Å². The average molecular weight is 475 g/mol. The first-order chi connectivity index (χ1) is 15.3. The van der Waals surface area contributed by atoms with Crippen molar-refractivity contribution in [3.05, 3.63) is 69.6 Å². The number of carbonyl (C=O) groups is 2. The lowest BCUT2D eigenvalue weighted by Gasteiger charge is -2.25. The van der Waals surface area contributed by atoms with Crippen molar-refractivity contribution in [1.82, 2.24) is 9.55 Å². The molecule has 1 atom stereocenters. The Balaban J connectivity index is 0.000000479. The van der Waals surface area contributed by atoms with Gasteiger partial charge < -0.3 is 14.5 Å². The molecule has 0 aliphatic rings. The second kappa shape index (κ2) is 10.7. The molecule has 0 saturated heterocycles. The number of fused-ring (bicyclic) bond motifs is 1. The second-order valence-corrected chi connectivity index (χ2v) is 9.96. The number of hydrogen-bond acceptors (Lipinski definition) is 5. The first-order valence-corrected chi connectivity index (χ1v) is 11.0. The van der Waals surface area contributed by atoms with Crippen molar-refractivity contribution in [1.29, 1.82) is 0 Å². The second-order valence-electron chi connectivity index (χ2n) is 9.53. The van der Waals surface area contributed by atoms with Gasteiger partial charge in [-0.2, -0.15) is 0 Å². The fourth-order valence-corrected chi connectivity index (χ4v) is 3.20. The van der Waals surface area contributed by atoms with Gasteiger partial charge >= 0.3 is 11.7 Å². The number of ether oxygens (including phenoxy) is 2. The Hall–Kier alpha value is -3.06. The van der Waals surface area contributed by atoms with Crippen molar-refractivity contribution in [2.24, 2.45) is 0 Å². The average Bonchev–Trinajstić information content (AvgIpc) is 3.00. The van der Waals surface area contributed by atoms with E-state index in [2.05, 4.69) is 9.72 Å². The highest BCUT2D eigenvalue weighted by Gasteiger charge is 2.29. The normalized spacial score (nSPS) is 12.5. The monoisotopic (exact) mass is 474 g/mol. The number of halogens is 1. The summed E-state index contributed by atoms with van der Waals surface area (Å²) in [7, 11) is 0. The topological polar surface area (TPSA) is 90.4 Å². The molecule has 3 rings (SSSR count). The third kappa shape index (κ3) is 8.09. The summed E-state index contributed by atoms with van der Waals surface area (Å²) in [4.78, 5) is 37.9. The SMILES string of the molecule is CC(C)(C)OC(=O)C(Cc1ccccc1)n1c(=O)[nH]c2ccc(Cl)cc21.CC(C)(C)OC=O. The fraction of sp³-hybridized carbons (Fsp3) is 0.400. The van der Waals surface area contributed by atoms with Crippen LogP contribution in [0.1, 0.15) is 53.1 Å². The number of nitrogens with one attached hydrogen (secondary N) is 1. The van der Waals surface area contributed by atoms with Crippen molar-refractivity contribution in [3.8, 4) is 0 Å². The molecular formula is C25H31ClN2O5. The van der Waals surface area contributed by atoms with E-state index in [4.69, 9.17) is 16.3 Å². The van der Waals surface area contributed by atoms with Crippen LogP contribution >= 0.6 is 11.6 Å². The highest BCUT2D eigenvalue weighted by atomic mass is 35.5. The molecule has 33 heavy (non-hydrogen) atoms. The first kappa shape index (κ1) is 26.2. The van der Waals surface area contributed by atoms with Crippen LogP contribution < -0.4 is 5.69 Å². The van der Waals surface area contributed by atoms with Gasteiger partial charge in [0.15, 0.2) is 0 Å². The van der Waals surface area contributed by atoms with Gasteiger partial charge in [-0.3, -0.25) is 9.36 Å². The Morgan fingerprint density at radius 3 is 2.21 bits per heavy atom. The summed E-state index contributed by atoms with van der Waals surface area (Å²) in [5.41, 5.74) is 0.803. The Morgan fingerprint density at radius 2 is 1.70 bits per heavy atom. The first-order valence-electron chi connectivity index (χ1n) is 10.6. The van der Waals surface area contributed by atoms with Crippen LogP contribution in [0.3, 0.4) is 0 Å². The largest absolute Gasteiger partial charge is 0.462 e. The molecule has 8 heteroatoms. The van der Waals surface area contributed by atoms with Gasteiger partial charge in [0.1, 0.15) is 17.2 Å². The van der Waals surface area contributed by atoms with Crippen molar-refractivity contribution in [2.45, 2.75) is 65.2 Å². The number of aromatic amines is 1. The molecule has 7 nitrogen and oxygen atoms in total. The quantitative estimate of drug-likeness (QED) is 0.412. The third-order valence-electron chi connectivity index (χ3n) is 4.34. The molecule has 1 unspecified atom stereocenters. The third-order valence-corrected chi connectivity index (χ3v) is 4.58. The number of rotatable bonds is 5. The Morgan fingerprint density at radius 1 is 1.06 bits per heavy atom. The smallest absolute Gasteiger partial charge is 0.330 e. The van der Waals surface area contributed by atoms with Gasteiger partial charge in [0.2, 0.25) is 0 Å². The highest BCUT2D eigenvalue weighted by Crippen LogP contribution is 2.24. The number of nitrogens with zero attached hydrogens (tertiary/aromatic N) is 1. The van der Waals surface area contributed by atoms with Gasteiger partial charge in [-0.05, 0) is 65.3 Å². The zero-order valence-corrected chi connectivity index (χ0v) is 20.6. The van der Waals surface area contributed by atoms with Crippen LogP contribution in [0, 0.1) is 0 Å². The molecule has 1 aromatic heterocycles. The van der Waals surface area contributed by atoms with Crippen LogP contribution in [0.2, 0.25) is 5.02 Å². The lowest BCUT2D eigenvalue weighted by atomic mass is 10.0. The molecule has 0 aliphatic carbocycles. The maximum atomic E-state index is 12.9. The van der Waals surface area contributed by atoms with Gasteiger partial charge in [-0.1, -0.05) is 41.9 Å². The van der Waals surface area contributed by atoms with E-state index in [1.54, 1.807) is 39.0 Å². The molecule has 0 fully saturated rings. The van der Waals surface area contributed by atoms with Gasteiger partial charge in [0.05, 0.1) is 11.0 Å². The molecule has 0 amide bonds. The van der Waals surface area contributed by atoms with Crippen molar-refractivity contribution in [3.63, 3.8) is 0 Å². The van der Waals surface area contributed by atoms with E-state index in [1.165, 1.54) is 4.57 Å². The summed E-state index contributed by atoms with van der Waals surface area (Å²) >= 11 is 6.11. The zero-order valence-electron chi connectivity index (χ0n) is 19.8. The van der Waals surface area contributed by atoms with Crippen LogP contribution in [0.4, 0.5) is 0 Å². The number of carbonyl (C=O) groups excluding carboxylic acids is 2. The van der Waals surface area contributed by atoms with Gasteiger partial charge in [-0.15, -0.1) is 0 Å². The Labute approximate surface area is 198 Å². The van der Waals surface area contributed by atoms with Crippen molar-refractivity contribution in [2.75, 3.05) is 0 Å². The van der Waals surface area contributed by atoms with E-state index in [0.29, 0.717) is 28.9 Å². The minimum atomic E-state index is -0.795. The number of imidazole rings is 1. The summed E-state index contributed by atoms with van der Waals surface area (Å²) in [6.07, 6.45) is 0.342. The molecule has 0 spiro atoms. The summed E-state index contributed by atoms with van der Waals surface area (Å²) in [5.74, 6) is -0.454. The Kier molecular flexibility index (Phi) is 8.50. The maximum Gasteiger partial charge on any atom is 0.330 e. The van der Waals surface area contributed by atoms with E-state index >= 15 is 0 Å². The van der Waals surface area contributed by atoms with Crippen molar-refractivity contribution >= 4 is 35.1 Å². The van der Waals surface area contributed by atoms with Crippen LogP contribution in [-0.4, -0.2) is 33.2 Å². The van der Waals surface area contributed by atoms with E-state index in [-0.39, 0.29) is 11.3 Å². The van der Waals surface area contributed by atoms with E-state index in [1.807, 2.05) is 51.1 Å². The molecule has 0 radical (unpaired) electrons. The Bertz CT molecular complexity index is 1140. The molecule has 1 heterocycles. The predicted molar refractivity (Wildman–Crippen MR) is 129 cm³/mol.